The van der Waals surface area contributed by atoms with Crippen LogP contribution < -0.4 is 10.1 Å². The molecule has 0 aromatic heterocycles. The second kappa shape index (κ2) is 5.86. The minimum absolute atomic E-state index is 0.287. The third-order valence-corrected chi connectivity index (χ3v) is 3.17. The Kier molecular flexibility index (Phi) is 4.72. The summed E-state index contributed by atoms with van der Waals surface area (Å²) in [7, 11) is 1.46. The van der Waals surface area contributed by atoms with Gasteiger partial charge in [-0.1, -0.05) is 15.9 Å². The van der Waals surface area contributed by atoms with Gasteiger partial charge in [0.2, 0.25) is 5.91 Å². The lowest BCUT2D eigenvalue weighted by atomic mass is 9.98. The maximum Gasteiger partial charge on any atom is 0.310 e. The maximum atomic E-state index is 11.2. The number of benzene rings is 1. The predicted octanol–water partition coefficient (Wildman–Crippen LogP) is 2.60. The smallest absolute Gasteiger partial charge is 0.310 e. The van der Waals surface area contributed by atoms with Crippen molar-refractivity contribution in [2.24, 2.45) is 0 Å². The molecule has 5 nitrogen and oxygen atoms in total. The zero-order chi connectivity index (χ0) is 13.9. The van der Waals surface area contributed by atoms with E-state index in [1.165, 1.54) is 14.0 Å². The van der Waals surface area contributed by atoms with Gasteiger partial charge in [0.15, 0.2) is 0 Å². The molecule has 2 N–H and O–H groups in total. The van der Waals surface area contributed by atoms with Gasteiger partial charge >= 0.3 is 5.97 Å². The van der Waals surface area contributed by atoms with Gasteiger partial charge in [0.1, 0.15) is 5.75 Å². The fourth-order valence-corrected chi connectivity index (χ4v) is 2.27. The Labute approximate surface area is 113 Å². The van der Waals surface area contributed by atoms with E-state index in [2.05, 4.69) is 21.2 Å². The Hall–Kier alpha value is -1.56. The van der Waals surface area contributed by atoms with Crippen LogP contribution in [0.1, 0.15) is 25.3 Å². The van der Waals surface area contributed by atoms with E-state index in [1.807, 2.05) is 0 Å². The van der Waals surface area contributed by atoms with Gasteiger partial charge in [0.05, 0.1) is 18.7 Å². The van der Waals surface area contributed by atoms with Crippen LogP contribution in [-0.2, 0) is 9.59 Å². The molecule has 1 unspecified atom stereocenters. The molecular weight excluding hydrogens is 302 g/mol. The molecular formula is C12H14BrNO4. The van der Waals surface area contributed by atoms with E-state index >= 15 is 0 Å². The average Bonchev–Trinajstić information content (AvgIpc) is 2.28. The van der Waals surface area contributed by atoms with Gasteiger partial charge in [-0.15, -0.1) is 0 Å². The molecule has 98 valence electrons. The van der Waals surface area contributed by atoms with Gasteiger partial charge in [0.25, 0.3) is 0 Å². The summed E-state index contributed by atoms with van der Waals surface area (Å²) in [6.45, 7) is 2.91. The van der Waals surface area contributed by atoms with E-state index in [0.29, 0.717) is 21.5 Å². The molecule has 0 saturated carbocycles. The van der Waals surface area contributed by atoms with Crippen LogP contribution >= 0.6 is 15.9 Å². The molecule has 1 aromatic carbocycles. The number of amides is 1. The van der Waals surface area contributed by atoms with Crippen molar-refractivity contribution < 1.29 is 19.4 Å². The molecule has 1 atom stereocenters. The first-order valence-corrected chi connectivity index (χ1v) is 6.04. The molecule has 6 heteroatoms. The Morgan fingerprint density at radius 2 is 2.06 bits per heavy atom. The fraction of sp³-hybridized carbons (Fsp3) is 0.333. The standard InChI is InChI=1S/C12H14BrNO4/c1-6(12(16)17)10-8(13)4-5-9(18-3)11(10)14-7(2)15/h4-6H,1-3H3,(H,14,15)(H,16,17). The first-order chi connectivity index (χ1) is 8.38. The van der Waals surface area contributed by atoms with Crippen molar-refractivity contribution in [1.82, 2.24) is 0 Å². The molecule has 0 radical (unpaired) electrons. The highest BCUT2D eigenvalue weighted by molar-refractivity contribution is 9.10. The fourth-order valence-electron chi connectivity index (χ4n) is 1.60. The second-order valence-corrected chi connectivity index (χ2v) is 4.63. The van der Waals surface area contributed by atoms with E-state index in [1.54, 1.807) is 19.1 Å². The van der Waals surface area contributed by atoms with E-state index in [4.69, 9.17) is 9.84 Å². The van der Waals surface area contributed by atoms with Crippen LogP contribution in [0.4, 0.5) is 5.69 Å². The minimum Gasteiger partial charge on any atom is -0.495 e. The Balaban J connectivity index is 3.44. The molecule has 0 heterocycles. The number of anilines is 1. The number of hydrogen-bond donors (Lipinski definition) is 2. The zero-order valence-electron chi connectivity index (χ0n) is 10.3. The summed E-state index contributed by atoms with van der Waals surface area (Å²) in [4.78, 5) is 22.3. The van der Waals surface area contributed by atoms with Crippen molar-refractivity contribution in [3.63, 3.8) is 0 Å². The maximum absolute atomic E-state index is 11.2. The number of rotatable bonds is 4. The average molecular weight is 316 g/mol. The molecule has 18 heavy (non-hydrogen) atoms. The van der Waals surface area contributed by atoms with Gasteiger partial charge in [-0.25, -0.2) is 0 Å². The second-order valence-electron chi connectivity index (χ2n) is 3.78. The van der Waals surface area contributed by atoms with Crippen molar-refractivity contribution >= 4 is 33.5 Å². The summed E-state index contributed by atoms with van der Waals surface area (Å²) < 4.78 is 5.76. The van der Waals surface area contributed by atoms with Gasteiger partial charge in [-0.3, -0.25) is 9.59 Å². The third kappa shape index (κ3) is 3.01. The monoisotopic (exact) mass is 315 g/mol. The minimum atomic E-state index is -0.976. The number of carboxylic acids is 1. The van der Waals surface area contributed by atoms with Gasteiger partial charge in [0, 0.05) is 17.0 Å². The van der Waals surface area contributed by atoms with Crippen LogP contribution in [-0.4, -0.2) is 24.1 Å². The Morgan fingerprint density at radius 1 is 1.44 bits per heavy atom. The van der Waals surface area contributed by atoms with E-state index in [-0.39, 0.29) is 5.91 Å². The summed E-state index contributed by atoms with van der Waals surface area (Å²) in [5.74, 6) is -1.60. The van der Waals surface area contributed by atoms with Crippen LogP contribution in [0.5, 0.6) is 5.75 Å². The molecule has 1 aromatic rings. The van der Waals surface area contributed by atoms with E-state index in [0.717, 1.165) is 0 Å². The molecule has 0 bridgehead atoms. The summed E-state index contributed by atoms with van der Waals surface area (Å²) in [5.41, 5.74) is 0.867. The molecule has 1 rings (SSSR count). The number of carbonyl (C=O) groups excluding carboxylic acids is 1. The van der Waals surface area contributed by atoms with Gasteiger partial charge in [-0.05, 0) is 19.1 Å². The number of carbonyl (C=O) groups is 2. The first-order valence-electron chi connectivity index (χ1n) is 5.25. The Morgan fingerprint density at radius 3 is 2.50 bits per heavy atom. The van der Waals surface area contributed by atoms with Crippen molar-refractivity contribution in [3.8, 4) is 5.75 Å². The van der Waals surface area contributed by atoms with E-state index in [9.17, 15) is 9.59 Å². The number of halogens is 1. The third-order valence-electron chi connectivity index (χ3n) is 2.48. The molecule has 0 aliphatic carbocycles. The SMILES string of the molecule is COc1ccc(Br)c(C(C)C(=O)O)c1NC(C)=O. The topological polar surface area (TPSA) is 75.6 Å². The van der Waals surface area contributed by atoms with Crippen molar-refractivity contribution in [2.75, 3.05) is 12.4 Å². The molecule has 0 fully saturated rings. The molecule has 0 spiro atoms. The number of nitrogens with one attached hydrogen (secondary N) is 1. The summed E-state index contributed by atoms with van der Waals surface area (Å²) in [6.07, 6.45) is 0. The summed E-state index contributed by atoms with van der Waals surface area (Å²) >= 11 is 3.30. The highest BCUT2D eigenvalue weighted by atomic mass is 79.9. The molecule has 0 aliphatic heterocycles. The summed E-state index contributed by atoms with van der Waals surface area (Å²) in [6, 6.07) is 3.35. The van der Waals surface area contributed by atoms with Crippen molar-refractivity contribution in [1.29, 1.82) is 0 Å². The summed E-state index contributed by atoms with van der Waals surface area (Å²) in [5, 5.41) is 11.7. The van der Waals surface area contributed by atoms with Crippen LogP contribution in [0.15, 0.2) is 16.6 Å². The van der Waals surface area contributed by atoms with Gasteiger partial charge < -0.3 is 15.2 Å². The predicted molar refractivity (Wildman–Crippen MR) is 71.0 cm³/mol. The zero-order valence-corrected chi connectivity index (χ0v) is 11.9. The lowest BCUT2D eigenvalue weighted by molar-refractivity contribution is -0.138. The molecule has 0 saturated heterocycles. The van der Waals surface area contributed by atoms with Crippen molar-refractivity contribution in [2.45, 2.75) is 19.8 Å². The van der Waals surface area contributed by atoms with Crippen LogP contribution in [0.2, 0.25) is 0 Å². The lowest BCUT2D eigenvalue weighted by Gasteiger charge is -2.18. The number of hydrogen-bond acceptors (Lipinski definition) is 3. The number of ether oxygens (including phenoxy) is 1. The number of aliphatic carboxylic acids is 1. The van der Waals surface area contributed by atoms with Gasteiger partial charge in [-0.2, -0.15) is 0 Å². The van der Waals surface area contributed by atoms with Crippen LogP contribution in [0.25, 0.3) is 0 Å². The van der Waals surface area contributed by atoms with E-state index < -0.39 is 11.9 Å². The largest absolute Gasteiger partial charge is 0.495 e. The number of carboxylic acid groups (broad SMARTS) is 1. The Bertz CT molecular complexity index is 487. The van der Waals surface area contributed by atoms with Crippen LogP contribution in [0.3, 0.4) is 0 Å². The highest BCUT2D eigenvalue weighted by Gasteiger charge is 2.23. The normalized spacial score (nSPS) is 11.8. The number of methoxy groups -OCH3 is 1. The molecule has 0 aliphatic rings. The quantitative estimate of drug-likeness (QED) is 0.895. The first kappa shape index (κ1) is 14.5. The molecule has 1 amide bonds. The highest BCUT2D eigenvalue weighted by Crippen LogP contribution is 2.38. The van der Waals surface area contributed by atoms with Crippen LogP contribution in [0, 0.1) is 0 Å². The van der Waals surface area contributed by atoms with Crippen molar-refractivity contribution in [3.05, 3.63) is 22.2 Å². The lowest BCUT2D eigenvalue weighted by Crippen LogP contribution is -2.15.